The van der Waals surface area contributed by atoms with Crippen molar-refractivity contribution in [2.24, 2.45) is 0 Å². The quantitative estimate of drug-likeness (QED) is 0.840. The van der Waals surface area contributed by atoms with Gasteiger partial charge in [-0.1, -0.05) is 0 Å². The van der Waals surface area contributed by atoms with Crippen LogP contribution in [0.2, 0.25) is 0 Å². The molecule has 104 valence electrons. The van der Waals surface area contributed by atoms with Crippen LogP contribution in [0.4, 0.5) is 20.4 Å². The average Bonchev–Trinajstić information content (AvgIpc) is 2.59. The number of hydrogen-bond donors (Lipinski definition) is 1. The molecule has 0 amide bonds. The van der Waals surface area contributed by atoms with E-state index < -0.39 is 11.6 Å². The first-order valence-electron chi connectivity index (χ1n) is 6.64. The Morgan fingerprint density at radius 2 is 1.95 bits per heavy atom. The van der Waals surface area contributed by atoms with Gasteiger partial charge in [-0.3, -0.25) is 4.90 Å². The Morgan fingerprint density at radius 1 is 1.21 bits per heavy atom. The van der Waals surface area contributed by atoms with E-state index in [9.17, 15) is 8.78 Å². The molecule has 0 spiro atoms. The Kier molecular flexibility index (Phi) is 3.05. The molecule has 2 aliphatic heterocycles. The van der Waals surface area contributed by atoms with Gasteiger partial charge in [0.1, 0.15) is 0 Å². The van der Waals surface area contributed by atoms with Gasteiger partial charge < -0.3 is 10.6 Å². The fraction of sp³-hybridized carbons (Fsp3) is 0.615. The van der Waals surface area contributed by atoms with Crippen molar-refractivity contribution in [2.45, 2.75) is 31.3 Å². The second-order valence-corrected chi connectivity index (χ2v) is 5.45. The molecule has 0 radical (unpaired) electrons. The van der Waals surface area contributed by atoms with Gasteiger partial charge in [0, 0.05) is 31.2 Å². The lowest BCUT2D eigenvalue weighted by Gasteiger charge is -2.27. The lowest BCUT2D eigenvalue weighted by atomic mass is 10.1. The van der Waals surface area contributed by atoms with Crippen LogP contribution >= 0.6 is 0 Å². The number of hydrogen-bond acceptors (Lipinski definition) is 4. The van der Waals surface area contributed by atoms with Crippen LogP contribution in [-0.2, 0) is 0 Å². The third kappa shape index (κ3) is 2.14. The molecule has 2 fully saturated rings. The second-order valence-electron chi connectivity index (χ2n) is 5.45. The van der Waals surface area contributed by atoms with Gasteiger partial charge in [-0.15, -0.1) is 0 Å². The van der Waals surface area contributed by atoms with Crippen molar-refractivity contribution in [3.8, 4) is 0 Å². The van der Waals surface area contributed by atoms with Gasteiger partial charge >= 0.3 is 0 Å². The lowest BCUT2D eigenvalue weighted by Crippen LogP contribution is -2.37. The molecule has 2 N–H and O–H groups in total. The predicted molar refractivity (Wildman–Crippen MR) is 70.0 cm³/mol. The Balaban J connectivity index is 1.89. The monoisotopic (exact) mass is 268 g/mol. The molecule has 2 saturated heterocycles. The SMILES string of the molecule is CN1C2CCC1CN(c1nc(N)c(F)cc1F)CC2. The van der Waals surface area contributed by atoms with Gasteiger partial charge in [-0.05, 0) is 26.3 Å². The maximum absolute atomic E-state index is 13.9. The molecule has 0 aliphatic carbocycles. The maximum atomic E-state index is 13.9. The number of pyridine rings is 1. The minimum atomic E-state index is -0.797. The first-order chi connectivity index (χ1) is 9.06. The van der Waals surface area contributed by atoms with E-state index in [4.69, 9.17) is 5.73 Å². The number of anilines is 2. The average molecular weight is 268 g/mol. The van der Waals surface area contributed by atoms with E-state index >= 15 is 0 Å². The first kappa shape index (κ1) is 12.6. The van der Waals surface area contributed by atoms with Crippen LogP contribution in [0, 0.1) is 11.6 Å². The summed E-state index contributed by atoms with van der Waals surface area (Å²) in [5, 5.41) is 0. The summed E-state index contributed by atoms with van der Waals surface area (Å²) in [5.74, 6) is -1.49. The third-order valence-corrected chi connectivity index (χ3v) is 4.39. The zero-order valence-electron chi connectivity index (χ0n) is 10.9. The summed E-state index contributed by atoms with van der Waals surface area (Å²) in [6.45, 7) is 1.46. The number of nitrogens with zero attached hydrogens (tertiary/aromatic N) is 3. The zero-order valence-corrected chi connectivity index (χ0v) is 10.9. The highest BCUT2D eigenvalue weighted by Gasteiger charge is 2.35. The van der Waals surface area contributed by atoms with E-state index in [2.05, 4.69) is 16.9 Å². The van der Waals surface area contributed by atoms with E-state index in [1.165, 1.54) is 6.42 Å². The highest BCUT2D eigenvalue weighted by Crippen LogP contribution is 2.31. The van der Waals surface area contributed by atoms with Crippen molar-refractivity contribution in [1.29, 1.82) is 0 Å². The number of halogens is 2. The van der Waals surface area contributed by atoms with Crippen LogP contribution in [0.1, 0.15) is 19.3 Å². The largest absolute Gasteiger partial charge is 0.381 e. The van der Waals surface area contributed by atoms with Gasteiger partial charge in [0.25, 0.3) is 0 Å². The fourth-order valence-electron chi connectivity index (χ4n) is 3.19. The zero-order chi connectivity index (χ0) is 13.6. The van der Waals surface area contributed by atoms with Crippen molar-refractivity contribution in [3.63, 3.8) is 0 Å². The molecule has 2 unspecified atom stereocenters. The van der Waals surface area contributed by atoms with Crippen molar-refractivity contribution >= 4 is 11.6 Å². The highest BCUT2D eigenvalue weighted by molar-refractivity contribution is 5.47. The van der Waals surface area contributed by atoms with Crippen LogP contribution in [0.15, 0.2) is 6.07 Å². The normalized spacial score (nSPS) is 27.6. The van der Waals surface area contributed by atoms with E-state index in [-0.39, 0.29) is 11.6 Å². The minimum absolute atomic E-state index is 0.180. The van der Waals surface area contributed by atoms with Crippen LogP contribution in [0.3, 0.4) is 0 Å². The Morgan fingerprint density at radius 3 is 2.74 bits per heavy atom. The summed E-state index contributed by atoms with van der Waals surface area (Å²) >= 11 is 0. The molecular formula is C13H18F2N4. The van der Waals surface area contributed by atoms with Crippen LogP contribution < -0.4 is 10.6 Å². The number of fused-ring (bicyclic) bond motifs is 2. The molecule has 2 bridgehead atoms. The Labute approximate surface area is 111 Å². The topological polar surface area (TPSA) is 45.4 Å². The molecular weight excluding hydrogens is 250 g/mol. The van der Waals surface area contributed by atoms with Crippen molar-refractivity contribution in [2.75, 3.05) is 30.8 Å². The van der Waals surface area contributed by atoms with E-state index in [0.29, 0.717) is 12.1 Å². The molecule has 2 atom stereocenters. The molecule has 3 heterocycles. The van der Waals surface area contributed by atoms with Gasteiger partial charge in [0.15, 0.2) is 23.3 Å². The van der Waals surface area contributed by atoms with E-state index in [0.717, 1.165) is 32.0 Å². The van der Waals surface area contributed by atoms with E-state index in [1.807, 2.05) is 4.90 Å². The van der Waals surface area contributed by atoms with E-state index in [1.54, 1.807) is 0 Å². The van der Waals surface area contributed by atoms with Gasteiger partial charge in [-0.25, -0.2) is 13.8 Å². The molecule has 19 heavy (non-hydrogen) atoms. The summed E-state index contributed by atoms with van der Waals surface area (Å²) in [7, 11) is 2.12. The van der Waals surface area contributed by atoms with Gasteiger partial charge in [-0.2, -0.15) is 0 Å². The molecule has 3 rings (SSSR count). The summed E-state index contributed by atoms with van der Waals surface area (Å²) in [5.41, 5.74) is 5.45. The van der Waals surface area contributed by atoms with Crippen LogP contribution in [0.5, 0.6) is 0 Å². The summed E-state index contributed by atoms with van der Waals surface area (Å²) in [6, 6.07) is 1.81. The summed E-state index contributed by atoms with van der Waals surface area (Å²) in [6.07, 6.45) is 3.30. The number of likely N-dealkylation sites (N-methyl/N-ethyl adjacent to an activating group) is 1. The number of aromatic nitrogens is 1. The molecule has 2 aliphatic rings. The summed E-state index contributed by atoms with van der Waals surface area (Å²) in [4.78, 5) is 8.14. The van der Waals surface area contributed by atoms with Gasteiger partial charge in [0.05, 0.1) is 0 Å². The van der Waals surface area contributed by atoms with Gasteiger partial charge in [0.2, 0.25) is 0 Å². The molecule has 0 aromatic carbocycles. The van der Waals surface area contributed by atoms with Crippen LogP contribution in [-0.4, -0.2) is 42.1 Å². The van der Waals surface area contributed by atoms with Crippen molar-refractivity contribution < 1.29 is 8.78 Å². The molecule has 1 aromatic rings. The van der Waals surface area contributed by atoms with Crippen LogP contribution in [0.25, 0.3) is 0 Å². The first-order valence-corrected chi connectivity index (χ1v) is 6.64. The van der Waals surface area contributed by atoms with Crippen molar-refractivity contribution in [1.82, 2.24) is 9.88 Å². The summed E-state index contributed by atoms with van der Waals surface area (Å²) < 4.78 is 27.0. The predicted octanol–water partition coefficient (Wildman–Crippen LogP) is 1.61. The second kappa shape index (κ2) is 4.59. The minimum Gasteiger partial charge on any atom is -0.381 e. The standard InChI is InChI=1S/C13H18F2N4/c1-18-8-2-3-9(18)7-19(5-4-8)13-11(15)6-10(14)12(16)17-13/h6,8-9H,2-5,7H2,1H3,(H2,16,17). The highest BCUT2D eigenvalue weighted by atomic mass is 19.1. The fourth-order valence-corrected chi connectivity index (χ4v) is 3.19. The molecule has 6 heteroatoms. The molecule has 1 aromatic heterocycles. The molecule has 4 nitrogen and oxygen atoms in total. The van der Waals surface area contributed by atoms with Crippen molar-refractivity contribution in [3.05, 3.63) is 17.7 Å². The number of rotatable bonds is 1. The number of nitrogen functional groups attached to an aromatic ring is 1. The third-order valence-electron chi connectivity index (χ3n) is 4.39. The molecule has 0 saturated carbocycles. The Bertz CT molecular complexity index is 494. The maximum Gasteiger partial charge on any atom is 0.168 e. The lowest BCUT2D eigenvalue weighted by molar-refractivity contribution is 0.254. The number of nitrogens with two attached hydrogens (primary N) is 1. The smallest absolute Gasteiger partial charge is 0.168 e. The Hall–Kier alpha value is -1.43.